The SMILES string of the molecule is [CH]=CC(=[CH])C(F)(F)F. The van der Waals surface area contributed by atoms with Crippen LogP contribution in [0.2, 0.25) is 0 Å². The topological polar surface area (TPSA) is 0 Å². The van der Waals surface area contributed by atoms with Gasteiger partial charge in [0.15, 0.2) is 0 Å². The molecular weight excluding hydrogens is 117 g/mol. The van der Waals surface area contributed by atoms with Crippen LogP contribution in [0, 0.1) is 13.2 Å². The van der Waals surface area contributed by atoms with Crippen LogP contribution in [0.4, 0.5) is 13.2 Å². The number of hydrogen-bond acceptors (Lipinski definition) is 0. The third-order valence-corrected chi connectivity index (χ3v) is 0.507. The Morgan fingerprint density at radius 2 is 1.75 bits per heavy atom. The molecule has 0 aromatic rings. The second kappa shape index (κ2) is 2.03. The molecule has 0 aliphatic heterocycles. The van der Waals surface area contributed by atoms with Crippen LogP contribution in [-0.4, -0.2) is 6.18 Å². The summed E-state index contributed by atoms with van der Waals surface area (Å²) in [4.78, 5) is 0. The van der Waals surface area contributed by atoms with Crippen molar-refractivity contribution in [3.05, 3.63) is 24.8 Å². The quantitative estimate of drug-likeness (QED) is 0.463. The van der Waals surface area contributed by atoms with E-state index in [1.165, 1.54) is 0 Å². The van der Waals surface area contributed by atoms with Gasteiger partial charge in [0.2, 0.25) is 0 Å². The van der Waals surface area contributed by atoms with Crippen molar-refractivity contribution in [2.75, 3.05) is 0 Å². The van der Waals surface area contributed by atoms with Crippen LogP contribution in [0.15, 0.2) is 11.6 Å². The van der Waals surface area contributed by atoms with Crippen LogP contribution in [0.25, 0.3) is 0 Å². The van der Waals surface area contributed by atoms with Crippen LogP contribution in [0.5, 0.6) is 0 Å². The minimum absolute atomic E-state index is 0.319. The van der Waals surface area contributed by atoms with Crippen LogP contribution < -0.4 is 0 Å². The molecule has 2 radical (unpaired) electrons. The zero-order chi connectivity index (χ0) is 6.78. The molecule has 0 nitrogen and oxygen atoms in total. The Hall–Kier alpha value is -0.730. The van der Waals surface area contributed by atoms with Crippen LogP contribution in [0.1, 0.15) is 0 Å². The summed E-state index contributed by atoms with van der Waals surface area (Å²) >= 11 is 0. The Balaban J connectivity index is 4.02. The van der Waals surface area contributed by atoms with Gasteiger partial charge in [-0.05, 0) is 6.58 Å². The van der Waals surface area contributed by atoms with Crippen LogP contribution in [0.3, 0.4) is 0 Å². The Morgan fingerprint density at radius 1 is 1.38 bits per heavy atom. The first-order valence-corrected chi connectivity index (χ1v) is 1.73. The van der Waals surface area contributed by atoms with Gasteiger partial charge in [-0.1, -0.05) is 12.7 Å². The molecule has 0 atom stereocenters. The Morgan fingerprint density at radius 3 is 1.75 bits per heavy atom. The van der Waals surface area contributed by atoms with E-state index in [2.05, 4.69) is 13.2 Å². The molecule has 0 amide bonds. The smallest absolute Gasteiger partial charge is 0.166 e. The lowest BCUT2D eigenvalue weighted by atomic mass is 10.3. The summed E-state index contributed by atoms with van der Waals surface area (Å²) < 4.78 is 33.5. The largest absolute Gasteiger partial charge is 0.416 e. The standard InChI is InChI=1S/C5H3F3/c1-3-4(2)5(6,7)8/h1-3H. The van der Waals surface area contributed by atoms with E-state index < -0.39 is 11.7 Å². The Kier molecular flexibility index (Phi) is 1.84. The first-order valence-electron chi connectivity index (χ1n) is 1.73. The normalized spacial score (nSPS) is 10.9. The van der Waals surface area contributed by atoms with E-state index in [0.29, 0.717) is 6.08 Å². The molecule has 0 saturated carbocycles. The third kappa shape index (κ3) is 1.82. The molecule has 0 aliphatic carbocycles. The highest BCUT2D eigenvalue weighted by Crippen LogP contribution is 2.23. The van der Waals surface area contributed by atoms with E-state index in [1.54, 1.807) is 0 Å². The van der Waals surface area contributed by atoms with Crippen LogP contribution >= 0.6 is 0 Å². The van der Waals surface area contributed by atoms with Crippen molar-refractivity contribution in [3.63, 3.8) is 0 Å². The molecular formula is C5H3F3. The summed E-state index contributed by atoms with van der Waals surface area (Å²) in [7, 11) is 0. The highest BCUT2D eigenvalue weighted by Gasteiger charge is 2.29. The summed E-state index contributed by atoms with van der Waals surface area (Å²) in [5.74, 6) is 0. The van der Waals surface area contributed by atoms with E-state index in [0.717, 1.165) is 0 Å². The molecule has 0 heterocycles. The highest BCUT2D eigenvalue weighted by molar-refractivity contribution is 5.13. The van der Waals surface area contributed by atoms with Crippen molar-refractivity contribution in [2.45, 2.75) is 6.18 Å². The van der Waals surface area contributed by atoms with Gasteiger partial charge < -0.3 is 0 Å². The lowest BCUT2D eigenvalue weighted by molar-refractivity contribution is -0.0881. The average molecular weight is 120 g/mol. The maximum absolute atomic E-state index is 11.2. The first kappa shape index (κ1) is 7.27. The highest BCUT2D eigenvalue weighted by atomic mass is 19.4. The predicted octanol–water partition coefficient (Wildman–Crippen LogP) is 1.90. The minimum Gasteiger partial charge on any atom is -0.166 e. The maximum atomic E-state index is 11.2. The molecule has 0 N–H and O–H groups in total. The molecule has 0 aromatic carbocycles. The minimum atomic E-state index is -4.48. The van der Waals surface area contributed by atoms with Gasteiger partial charge in [0.05, 0.1) is 5.57 Å². The molecule has 44 valence electrons. The first-order chi connectivity index (χ1) is 3.48. The average Bonchev–Trinajstić information content (AvgIpc) is 1.62. The molecule has 0 fully saturated rings. The molecule has 8 heavy (non-hydrogen) atoms. The summed E-state index contributed by atoms with van der Waals surface area (Å²) in [6, 6.07) is 0. The van der Waals surface area contributed by atoms with Gasteiger partial charge in [0.25, 0.3) is 0 Å². The molecule has 0 aliphatic rings. The number of halogens is 3. The van der Waals surface area contributed by atoms with E-state index in [4.69, 9.17) is 0 Å². The summed E-state index contributed by atoms with van der Waals surface area (Å²) in [6.07, 6.45) is -4.16. The molecule has 0 unspecified atom stereocenters. The van der Waals surface area contributed by atoms with Crippen LogP contribution in [-0.2, 0) is 0 Å². The number of hydrogen-bond donors (Lipinski definition) is 0. The van der Waals surface area contributed by atoms with Crippen molar-refractivity contribution < 1.29 is 13.2 Å². The Labute approximate surface area is 45.3 Å². The maximum Gasteiger partial charge on any atom is 0.416 e. The van der Waals surface area contributed by atoms with Crippen molar-refractivity contribution >= 4 is 0 Å². The number of alkyl halides is 3. The van der Waals surface area contributed by atoms with Gasteiger partial charge in [0.1, 0.15) is 0 Å². The van der Waals surface area contributed by atoms with Gasteiger partial charge in [0, 0.05) is 0 Å². The molecule has 0 saturated heterocycles. The second-order valence-electron chi connectivity index (χ2n) is 1.12. The molecule has 0 aromatic heterocycles. The fourth-order valence-electron chi connectivity index (χ4n) is 0.0945. The summed E-state index contributed by atoms with van der Waals surface area (Å²) in [5, 5.41) is 0. The van der Waals surface area contributed by atoms with Crippen molar-refractivity contribution in [2.24, 2.45) is 0 Å². The van der Waals surface area contributed by atoms with Gasteiger partial charge >= 0.3 is 6.18 Å². The van der Waals surface area contributed by atoms with Gasteiger partial charge in [-0.15, -0.1) is 0 Å². The second-order valence-corrected chi connectivity index (χ2v) is 1.12. The zero-order valence-electron chi connectivity index (χ0n) is 3.87. The summed E-state index contributed by atoms with van der Waals surface area (Å²) in [5.41, 5.74) is -1.27. The molecule has 0 bridgehead atoms. The zero-order valence-corrected chi connectivity index (χ0v) is 3.87. The van der Waals surface area contributed by atoms with Gasteiger partial charge in [-0.25, -0.2) is 0 Å². The van der Waals surface area contributed by atoms with E-state index >= 15 is 0 Å². The van der Waals surface area contributed by atoms with Crippen molar-refractivity contribution in [1.82, 2.24) is 0 Å². The lowest BCUT2D eigenvalue weighted by Gasteiger charge is -2.01. The number of rotatable bonds is 1. The van der Waals surface area contributed by atoms with Gasteiger partial charge in [-0.2, -0.15) is 13.2 Å². The Bertz CT molecular complexity index is 109. The van der Waals surface area contributed by atoms with E-state index in [-0.39, 0.29) is 0 Å². The third-order valence-electron chi connectivity index (χ3n) is 0.507. The fraction of sp³-hybridized carbons (Fsp3) is 0.200. The monoisotopic (exact) mass is 120 g/mol. The van der Waals surface area contributed by atoms with Crippen molar-refractivity contribution in [1.29, 1.82) is 0 Å². The lowest BCUT2D eigenvalue weighted by Crippen LogP contribution is -2.07. The molecule has 0 rings (SSSR count). The number of allylic oxidation sites excluding steroid dienone is 2. The van der Waals surface area contributed by atoms with E-state index in [9.17, 15) is 13.2 Å². The summed E-state index contributed by atoms with van der Waals surface area (Å²) in [6.45, 7) is 8.81. The van der Waals surface area contributed by atoms with E-state index in [1.807, 2.05) is 0 Å². The fourth-order valence-corrected chi connectivity index (χ4v) is 0.0945. The predicted molar refractivity (Wildman–Crippen MR) is 22.7 cm³/mol. The van der Waals surface area contributed by atoms with Crippen molar-refractivity contribution in [3.8, 4) is 0 Å². The molecule has 0 spiro atoms. The molecule has 3 heteroatoms. The van der Waals surface area contributed by atoms with Gasteiger partial charge in [-0.3, -0.25) is 0 Å².